The van der Waals surface area contributed by atoms with Crippen LogP contribution in [0.15, 0.2) is 30.3 Å². The van der Waals surface area contributed by atoms with Crippen molar-refractivity contribution in [1.29, 1.82) is 0 Å². The summed E-state index contributed by atoms with van der Waals surface area (Å²) < 4.78 is 0. The van der Waals surface area contributed by atoms with Crippen LogP contribution in [0.2, 0.25) is 0 Å². The highest BCUT2D eigenvalue weighted by atomic mass is 15.3. The van der Waals surface area contributed by atoms with Crippen molar-refractivity contribution in [2.45, 2.75) is 43.8 Å². The fourth-order valence-electron chi connectivity index (χ4n) is 5.04. The molecule has 0 aliphatic carbocycles. The molecule has 3 heterocycles. The maximum absolute atomic E-state index is 3.88. The van der Waals surface area contributed by atoms with E-state index < -0.39 is 0 Å². The molecule has 25 heavy (non-hydrogen) atoms. The van der Waals surface area contributed by atoms with Gasteiger partial charge < -0.3 is 15.1 Å². The second kappa shape index (κ2) is 8.17. The van der Waals surface area contributed by atoms with Crippen LogP contribution in [0.25, 0.3) is 0 Å². The maximum Gasteiger partial charge on any atom is 0.0476 e. The summed E-state index contributed by atoms with van der Waals surface area (Å²) in [6, 6.07) is 13.2. The van der Waals surface area contributed by atoms with Crippen LogP contribution < -0.4 is 5.32 Å². The van der Waals surface area contributed by atoms with Gasteiger partial charge in [0.15, 0.2) is 0 Å². The van der Waals surface area contributed by atoms with Gasteiger partial charge in [0.25, 0.3) is 0 Å². The van der Waals surface area contributed by atoms with Crippen LogP contribution in [-0.4, -0.2) is 79.6 Å². The Morgan fingerprint density at radius 1 is 1.04 bits per heavy atom. The maximum atomic E-state index is 3.88. The normalized spacial score (nSPS) is 32.0. The van der Waals surface area contributed by atoms with E-state index in [4.69, 9.17) is 0 Å². The molecule has 3 saturated heterocycles. The molecule has 1 aromatic rings. The van der Waals surface area contributed by atoms with Gasteiger partial charge in [0.2, 0.25) is 0 Å². The van der Waals surface area contributed by atoms with E-state index in [9.17, 15) is 0 Å². The standard InChI is InChI=1S/C21H34N4/c1-23-14-15-25(21(17-23)18-6-3-2-4-7-18)13-10-22-19-9-12-24-11-5-8-20(24)16-19/h2-4,6-7,19-22H,5,8-17H2,1H3/t19-,20+,21-/m1/s1. The van der Waals surface area contributed by atoms with E-state index >= 15 is 0 Å². The summed E-state index contributed by atoms with van der Waals surface area (Å²) in [4.78, 5) is 7.87. The van der Waals surface area contributed by atoms with E-state index in [1.54, 1.807) is 0 Å². The van der Waals surface area contributed by atoms with Crippen molar-refractivity contribution in [3.05, 3.63) is 35.9 Å². The fraction of sp³-hybridized carbons (Fsp3) is 0.714. The summed E-state index contributed by atoms with van der Waals surface area (Å²) in [6.07, 6.45) is 5.54. The van der Waals surface area contributed by atoms with Gasteiger partial charge in [-0.1, -0.05) is 30.3 Å². The number of rotatable bonds is 5. The Kier molecular flexibility index (Phi) is 5.71. The Labute approximate surface area is 153 Å². The number of benzene rings is 1. The highest BCUT2D eigenvalue weighted by molar-refractivity contribution is 5.20. The monoisotopic (exact) mass is 342 g/mol. The first-order valence-electron chi connectivity index (χ1n) is 10.2. The summed E-state index contributed by atoms with van der Waals surface area (Å²) in [5.74, 6) is 0. The second-order valence-corrected chi connectivity index (χ2v) is 8.23. The van der Waals surface area contributed by atoms with E-state index in [-0.39, 0.29) is 0 Å². The van der Waals surface area contributed by atoms with Crippen LogP contribution in [0.4, 0.5) is 0 Å². The Bertz CT molecular complexity index is 534. The van der Waals surface area contributed by atoms with Crippen molar-refractivity contribution in [3.8, 4) is 0 Å². The topological polar surface area (TPSA) is 21.8 Å². The van der Waals surface area contributed by atoms with Crippen molar-refractivity contribution >= 4 is 0 Å². The molecule has 1 aromatic carbocycles. The highest BCUT2D eigenvalue weighted by Gasteiger charge is 2.31. The Morgan fingerprint density at radius 2 is 1.92 bits per heavy atom. The van der Waals surface area contributed by atoms with Gasteiger partial charge in [-0.3, -0.25) is 4.90 Å². The highest BCUT2D eigenvalue weighted by Crippen LogP contribution is 2.27. The van der Waals surface area contributed by atoms with Crippen LogP contribution in [-0.2, 0) is 0 Å². The number of hydrogen-bond donors (Lipinski definition) is 1. The molecule has 4 nitrogen and oxygen atoms in total. The minimum atomic E-state index is 0.540. The second-order valence-electron chi connectivity index (χ2n) is 8.23. The van der Waals surface area contributed by atoms with E-state index in [0.29, 0.717) is 6.04 Å². The Morgan fingerprint density at radius 3 is 2.80 bits per heavy atom. The first-order valence-corrected chi connectivity index (χ1v) is 10.2. The predicted octanol–water partition coefficient (Wildman–Crippen LogP) is 2.19. The average Bonchev–Trinajstić information content (AvgIpc) is 3.11. The Balaban J connectivity index is 1.29. The van der Waals surface area contributed by atoms with Crippen molar-refractivity contribution in [1.82, 2.24) is 20.0 Å². The zero-order chi connectivity index (χ0) is 17.1. The van der Waals surface area contributed by atoms with Crippen LogP contribution in [0.1, 0.15) is 37.3 Å². The number of piperidine rings is 1. The zero-order valence-electron chi connectivity index (χ0n) is 15.7. The molecule has 3 fully saturated rings. The summed E-state index contributed by atoms with van der Waals surface area (Å²) in [6.45, 7) is 8.46. The molecule has 0 radical (unpaired) electrons. The number of nitrogens with zero attached hydrogens (tertiary/aromatic N) is 3. The fourth-order valence-corrected chi connectivity index (χ4v) is 5.04. The quantitative estimate of drug-likeness (QED) is 0.885. The molecule has 3 aliphatic rings. The van der Waals surface area contributed by atoms with Crippen LogP contribution in [0, 0.1) is 0 Å². The van der Waals surface area contributed by atoms with Crippen molar-refractivity contribution in [3.63, 3.8) is 0 Å². The summed E-state index contributed by atoms with van der Waals surface area (Å²) >= 11 is 0. The van der Waals surface area contributed by atoms with Crippen LogP contribution in [0.3, 0.4) is 0 Å². The summed E-state index contributed by atoms with van der Waals surface area (Å²) in [7, 11) is 2.25. The number of hydrogen-bond acceptors (Lipinski definition) is 4. The summed E-state index contributed by atoms with van der Waals surface area (Å²) in [5, 5.41) is 3.88. The largest absolute Gasteiger partial charge is 0.313 e. The molecule has 0 saturated carbocycles. The minimum Gasteiger partial charge on any atom is -0.313 e. The molecule has 0 unspecified atom stereocenters. The van der Waals surface area contributed by atoms with Crippen molar-refractivity contribution < 1.29 is 0 Å². The molecule has 138 valence electrons. The van der Waals surface area contributed by atoms with E-state index in [1.807, 2.05) is 0 Å². The zero-order valence-corrected chi connectivity index (χ0v) is 15.7. The lowest BCUT2D eigenvalue weighted by atomic mass is 9.97. The molecular formula is C21H34N4. The van der Waals surface area contributed by atoms with Crippen molar-refractivity contribution in [2.75, 3.05) is 52.9 Å². The average molecular weight is 343 g/mol. The first-order chi connectivity index (χ1) is 12.3. The molecule has 4 heteroatoms. The third kappa shape index (κ3) is 4.25. The smallest absolute Gasteiger partial charge is 0.0476 e. The first kappa shape index (κ1) is 17.5. The van der Waals surface area contributed by atoms with Gasteiger partial charge in [-0.25, -0.2) is 0 Å². The van der Waals surface area contributed by atoms with Gasteiger partial charge in [0.05, 0.1) is 0 Å². The SMILES string of the molecule is CN1CCN(CCN[C@@H]2CCN3CCC[C@H]3C2)[C@@H](c2ccccc2)C1. The third-order valence-electron chi connectivity index (χ3n) is 6.53. The molecule has 4 rings (SSSR count). The molecular weight excluding hydrogens is 308 g/mol. The number of fused-ring (bicyclic) bond motifs is 1. The molecule has 1 N–H and O–H groups in total. The van der Waals surface area contributed by atoms with Crippen LogP contribution in [0.5, 0.6) is 0 Å². The summed E-state index contributed by atoms with van der Waals surface area (Å²) in [5.41, 5.74) is 1.47. The van der Waals surface area contributed by atoms with E-state index in [2.05, 4.69) is 57.4 Å². The molecule has 0 amide bonds. The number of likely N-dealkylation sites (N-methyl/N-ethyl adjacent to an activating group) is 1. The van der Waals surface area contributed by atoms with Gasteiger partial charge in [0.1, 0.15) is 0 Å². The molecule has 0 aromatic heterocycles. The lowest BCUT2D eigenvalue weighted by molar-refractivity contribution is 0.0878. The predicted molar refractivity (Wildman–Crippen MR) is 104 cm³/mol. The minimum absolute atomic E-state index is 0.540. The van der Waals surface area contributed by atoms with Crippen LogP contribution >= 0.6 is 0 Å². The van der Waals surface area contributed by atoms with Gasteiger partial charge >= 0.3 is 0 Å². The van der Waals surface area contributed by atoms with Gasteiger partial charge in [-0.05, 0) is 51.4 Å². The number of piperazine rings is 1. The van der Waals surface area contributed by atoms with E-state index in [1.165, 1.54) is 57.4 Å². The van der Waals surface area contributed by atoms with Gasteiger partial charge in [-0.2, -0.15) is 0 Å². The molecule has 3 aliphatic heterocycles. The lowest BCUT2D eigenvalue weighted by Gasteiger charge is -2.41. The molecule has 3 atom stereocenters. The number of nitrogens with one attached hydrogen (secondary N) is 1. The third-order valence-corrected chi connectivity index (χ3v) is 6.53. The molecule has 0 spiro atoms. The van der Waals surface area contributed by atoms with Crippen molar-refractivity contribution in [2.24, 2.45) is 0 Å². The van der Waals surface area contributed by atoms with E-state index in [0.717, 1.165) is 31.7 Å². The lowest BCUT2D eigenvalue weighted by Crippen LogP contribution is -2.50. The van der Waals surface area contributed by atoms with Gasteiger partial charge in [0, 0.05) is 50.8 Å². The van der Waals surface area contributed by atoms with Gasteiger partial charge in [-0.15, -0.1) is 0 Å². The Hall–Kier alpha value is -0.940. The molecule has 0 bridgehead atoms.